The van der Waals surface area contributed by atoms with Crippen LogP contribution in [0.4, 0.5) is 0 Å². The Hall–Kier alpha value is -1.10. The van der Waals surface area contributed by atoms with Crippen LogP contribution in [-0.2, 0) is 14.3 Å². The van der Waals surface area contributed by atoms with Crippen LogP contribution in [0.3, 0.4) is 0 Å². The number of aliphatic carboxylic acids is 1. The van der Waals surface area contributed by atoms with Crippen LogP contribution in [-0.4, -0.2) is 22.8 Å². The van der Waals surface area contributed by atoms with E-state index in [1.807, 2.05) is 0 Å². The molecule has 0 amide bonds. The van der Waals surface area contributed by atoms with Crippen molar-refractivity contribution < 1.29 is 19.4 Å². The van der Waals surface area contributed by atoms with Gasteiger partial charge in [-0.1, -0.05) is 0 Å². The fourth-order valence-corrected chi connectivity index (χ4v) is 0.453. The molecule has 5 heteroatoms. The van der Waals surface area contributed by atoms with Crippen molar-refractivity contribution in [2.24, 2.45) is 5.73 Å². The van der Waals surface area contributed by atoms with Gasteiger partial charge in [-0.2, -0.15) is 0 Å². The first-order valence-electron chi connectivity index (χ1n) is 3.04. The summed E-state index contributed by atoms with van der Waals surface area (Å²) in [5, 5.41) is 8.14. The van der Waals surface area contributed by atoms with E-state index in [0.29, 0.717) is 0 Å². The molecule has 0 unspecified atom stereocenters. The van der Waals surface area contributed by atoms with Gasteiger partial charge >= 0.3 is 11.9 Å². The highest BCUT2D eigenvalue weighted by Gasteiger charge is 2.18. The zero-order valence-electron chi connectivity index (χ0n) is 6.46. The van der Waals surface area contributed by atoms with Crippen molar-refractivity contribution in [1.29, 1.82) is 0 Å². The molecular formula is C6H11NO4. The lowest BCUT2D eigenvalue weighted by atomic mass is 10.3. The predicted molar refractivity (Wildman–Crippen MR) is 36.6 cm³/mol. The Morgan fingerprint density at radius 1 is 1.55 bits per heavy atom. The third-order valence-corrected chi connectivity index (χ3v) is 0.672. The molecule has 0 radical (unpaired) electrons. The number of carboxylic acid groups (broad SMARTS) is 1. The zero-order valence-corrected chi connectivity index (χ0v) is 6.46. The maximum absolute atomic E-state index is 10.6. The summed E-state index contributed by atoms with van der Waals surface area (Å²) < 4.78 is 4.51. The van der Waals surface area contributed by atoms with Gasteiger partial charge in [0.15, 0.2) is 5.72 Å². The van der Waals surface area contributed by atoms with Gasteiger partial charge in [-0.25, -0.2) is 0 Å². The second kappa shape index (κ2) is 3.34. The lowest BCUT2D eigenvalue weighted by molar-refractivity contribution is -0.160. The average molecular weight is 161 g/mol. The van der Waals surface area contributed by atoms with Crippen LogP contribution in [0.1, 0.15) is 20.3 Å². The number of carbonyl (C=O) groups excluding carboxylic acids is 1. The fourth-order valence-electron chi connectivity index (χ4n) is 0.453. The number of hydrogen-bond acceptors (Lipinski definition) is 4. The number of ether oxygens (including phenoxy) is 1. The number of hydrogen-bond donors (Lipinski definition) is 2. The van der Waals surface area contributed by atoms with Crippen molar-refractivity contribution in [1.82, 2.24) is 0 Å². The van der Waals surface area contributed by atoms with Crippen LogP contribution in [0.5, 0.6) is 0 Å². The average Bonchev–Trinajstić information content (AvgIpc) is 1.53. The summed E-state index contributed by atoms with van der Waals surface area (Å²) in [7, 11) is 0. The molecule has 0 rings (SSSR count). The van der Waals surface area contributed by atoms with E-state index in [-0.39, 0.29) is 0 Å². The largest absolute Gasteiger partial charge is 0.481 e. The van der Waals surface area contributed by atoms with Gasteiger partial charge in [0.25, 0.3) is 0 Å². The van der Waals surface area contributed by atoms with Crippen LogP contribution in [0, 0.1) is 0 Å². The standard InChI is InChI=1S/C6H11NO4/c1-6(2,7)11-5(10)3-4(8)9/h3,7H2,1-2H3,(H,8,9). The van der Waals surface area contributed by atoms with E-state index in [4.69, 9.17) is 10.8 Å². The Kier molecular flexibility index (Phi) is 3.00. The fraction of sp³-hybridized carbons (Fsp3) is 0.667. The molecule has 0 fully saturated rings. The molecule has 0 aromatic rings. The van der Waals surface area contributed by atoms with Crippen LogP contribution < -0.4 is 5.73 Å². The summed E-state index contributed by atoms with van der Waals surface area (Å²) >= 11 is 0. The Bertz CT molecular complexity index is 170. The highest BCUT2D eigenvalue weighted by atomic mass is 16.6. The van der Waals surface area contributed by atoms with Crippen molar-refractivity contribution in [3.05, 3.63) is 0 Å². The third kappa shape index (κ3) is 6.79. The number of nitrogens with two attached hydrogens (primary N) is 1. The van der Waals surface area contributed by atoms with Crippen LogP contribution in [0.2, 0.25) is 0 Å². The zero-order chi connectivity index (χ0) is 9.07. The highest BCUT2D eigenvalue weighted by Crippen LogP contribution is 2.00. The number of esters is 1. The molecule has 0 spiro atoms. The summed E-state index contributed by atoms with van der Waals surface area (Å²) in [6.45, 7) is 2.93. The highest BCUT2D eigenvalue weighted by molar-refractivity contribution is 5.90. The molecule has 0 aliphatic rings. The van der Waals surface area contributed by atoms with Gasteiger partial charge in [0.05, 0.1) is 0 Å². The van der Waals surface area contributed by atoms with Crippen LogP contribution in [0.25, 0.3) is 0 Å². The van der Waals surface area contributed by atoms with Gasteiger partial charge in [-0.05, 0) is 13.8 Å². The molecule has 64 valence electrons. The summed E-state index contributed by atoms with van der Waals surface area (Å²) in [5.41, 5.74) is 4.17. The summed E-state index contributed by atoms with van der Waals surface area (Å²) in [5.74, 6) is -2.05. The van der Waals surface area contributed by atoms with Gasteiger partial charge in [0, 0.05) is 0 Å². The first-order chi connectivity index (χ1) is 4.81. The maximum atomic E-state index is 10.6. The molecule has 0 aliphatic carbocycles. The Morgan fingerprint density at radius 2 is 2.00 bits per heavy atom. The van der Waals surface area contributed by atoms with Crippen molar-refractivity contribution in [2.75, 3.05) is 0 Å². The summed E-state index contributed by atoms with van der Waals surface area (Å²) in [4.78, 5) is 20.5. The molecule has 0 aromatic carbocycles. The van der Waals surface area contributed by atoms with Gasteiger partial charge in [0.2, 0.25) is 0 Å². The maximum Gasteiger partial charge on any atom is 0.318 e. The first-order valence-corrected chi connectivity index (χ1v) is 3.04. The minimum Gasteiger partial charge on any atom is -0.481 e. The lowest BCUT2D eigenvalue weighted by Gasteiger charge is -2.18. The van der Waals surface area contributed by atoms with E-state index < -0.39 is 24.1 Å². The first kappa shape index (κ1) is 9.90. The SMILES string of the molecule is CC(C)(N)OC(=O)CC(=O)O. The molecule has 0 atom stereocenters. The van der Waals surface area contributed by atoms with E-state index in [0.717, 1.165) is 0 Å². The quantitative estimate of drug-likeness (QED) is 0.337. The molecule has 0 heterocycles. The number of rotatable bonds is 3. The van der Waals surface area contributed by atoms with Gasteiger partial charge in [0.1, 0.15) is 6.42 Å². The molecule has 0 bridgehead atoms. The third-order valence-electron chi connectivity index (χ3n) is 0.672. The van der Waals surface area contributed by atoms with Crippen LogP contribution >= 0.6 is 0 Å². The smallest absolute Gasteiger partial charge is 0.318 e. The van der Waals surface area contributed by atoms with E-state index >= 15 is 0 Å². The van der Waals surface area contributed by atoms with E-state index in [9.17, 15) is 9.59 Å². The molecular weight excluding hydrogens is 150 g/mol. The monoisotopic (exact) mass is 161 g/mol. The van der Waals surface area contributed by atoms with Gasteiger partial charge in [-0.3, -0.25) is 15.3 Å². The number of carbonyl (C=O) groups is 2. The molecule has 3 N–H and O–H groups in total. The van der Waals surface area contributed by atoms with Crippen molar-refractivity contribution >= 4 is 11.9 Å². The van der Waals surface area contributed by atoms with Gasteiger partial charge in [-0.15, -0.1) is 0 Å². The lowest BCUT2D eigenvalue weighted by Crippen LogP contribution is -2.38. The van der Waals surface area contributed by atoms with E-state index in [1.165, 1.54) is 13.8 Å². The molecule has 0 aromatic heterocycles. The minimum absolute atomic E-state index is 0.652. The predicted octanol–water partition coefficient (Wildman–Crippen LogP) is -0.301. The molecule has 0 saturated carbocycles. The van der Waals surface area contributed by atoms with Crippen molar-refractivity contribution in [3.63, 3.8) is 0 Å². The topological polar surface area (TPSA) is 89.6 Å². The van der Waals surface area contributed by atoms with E-state index in [2.05, 4.69) is 4.74 Å². The Balaban J connectivity index is 3.80. The molecule has 0 saturated heterocycles. The Labute approximate surface area is 64.1 Å². The molecule has 5 nitrogen and oxygen atoms in total. The molecule has 11 heavy (non-hydrogen) atoms. The summed E-state index contributed by atoms with van der Waals surface area (Å²) in [6, 6.07) is 0. The van der Waals surface area contributed by atoms with Crippen molar-refractivity contribution in [2.45, 2.75) is 26.0 Å². The van der Waals surface area contributed by atoms with E-state index in [1.54, 1.807) is 0 Å². The van der Waals surface area contributed by atoms with Crippen LogP contribution in [0.15, 0.2) is 0 Å². The van der Waals surface area contributed by atoms with Gasteiger partial charge < -0.3 is 9.84 Å². The summed E-state index contributed by atoms with van der Waals surface area (Å²) in [6.07, 6.45) is -0.652. The number of carboxylic acids is 1. The van der Waals surface area contributed by atoms with Crippen molar-refractivity contribution in [3.8, 4) is 0 Å². The second-order valence-electron chi connectivity index (χ2n) is 2.65. The second-order valence-corrected chi connectivity index (χ2v) is 2.65. The normalized spacial score (nSPS) is 10.8. The minimum atomic E-state index is -1.22. The molecule has 0 aliphatic heterocycles. The Morgan fingerprint density at radius 3 is 2.27 bits per heavy atom.